The van der Waals surface area contributed by atoms with E-state index in [4.69, 9.17) is 10.5 Å². The van der Waals surface area contributed by atoms with Crippen LogP contribution >= 0.6 is 0 Å². The number of pyridine rings is 1. The number of nitrogens with zero attached hydrogens (tertiary/aromatic N) is 2. The van der Waals surface area contributed by atoms with Gasteiger partial charge in [-0.1, -0.05) is 18.2 Å². The first-order chi connectivity index (χ1) is 14.3. The molecule has 1 saturated heterocycles. The first-order valence-electron chi connectivity index (χ1n) is 10.5. The van der Waals surface area contributed by atoms with Crippen LogP contribution in [-0.2, 0) is 6.18 Å². The molecule has 0 saturated carbocycles. The maximum absolute atomic E-state index is 13.0. The summed E-state index contributed by atoms with van der Waals surface area (Å²) in [5, 5.41) is 0. The SMILES string of the molecule is Cc1cccc(OC(c2ccc(C(F)(F)F)cc2)C2CCN([C@@H](C)CCN)CC2)n1. The molecule has 3 rings (SSSR count). The van der Waals surface area contributed by atoms with E-state index in [1.54, 1.807) is 6.07 Å². The zero-order valence-corrected chi connectivity index (χ0v) is 17.5. The van der Waals surface area contributed by atoms with Crippen LogP contribution in [0.5, 0.6) is 5.88 Å². The van der Waals surface area contributed by atoms with Gasteiger partial charge in [0, 0.05) is 23.7 Å². The van der Waals surface area contributed by atoms with Gasteiger partial charge in [-0.3, -0.25) is 0 Å². The number of aromatic nitrogens is 1. The van der Waals surface area contributed by atoms with Crippen molar-refractivity contribution in [3.05, 3.63) is 59.3 Å². The highest BCUT2D eigenvalue weighted by molar-refractivity contribution is 5.28. The lowest BCUT2D eigenvalue weighted by Gasteiger charge is -2.39. The molecular weight excluding hydrogens is 391 g/mol. The minimum Gasteiger partial charge on any atom is -0.469 e. The van der Waals surface area contributed by atoms with Gasteiger partial charge in [0.15, 0.2) is 0 Å². The Labute approximate surface area is 176 Å². The fraction of sp³-hybridized carbons (Fsp3) is 0.522. The molecule has 1 unspecified atom stereocenters. The van der Waals surface area contributed by atoms with Crippen LogP contribution in [0.4, 0.5) is 13.2 Å². The van der Waals surface area contributed by atoms with E-state index < -0.39 is 11.7 Å². The minimum atomic E-state index is -4.35. The second kappa shape index (κ2) is 9.79. The standard InChI is InChI=1S/C23H30F3N3O/c1-16-4-3-5-21(28-16)30-22(18-6-8-20(9-7-18)23(24,25)26)19-11-14-29(15-12-19)17(2)10-13-27/h3-9,17,19,22H,10-15,27H2,1-2H3/t17-,22?/m0/s1. The summed E-state index contributed by atoms with van der Waals surface area (Å²) >= 11 is 0. The van der Waals surface area contributed by atoms with Crippen molar-refractivity contribution < 1.29 is 17.9 Å². The number of hydrogen-bond acceptors (Lipinski definition) is 4. The number of aryl methyl sites for hydroxylation is 1. The highest BCUT2D eigenvalue weighted by Gasteiger charge is 2.33. The third-order valence-corrected chi connectivity index (χ3v) is 5.89. The van der Waals surface area contributed by atoms with Crippen molar-refractivity contribution in [3.63, 3.8) is 0 Å². The summed E-state index contributed by atoms with van der Waals surface area (Å²) in [6, 6.07) is 11.3. The summed E-state index contributed by atoms with van der Waals surface area (Å²) in [6.07, 6.45) is -1.92. The van der Waals surface area contributed by atoms with Crippen LogP contribution in [-0.4, -0.2) is 35.6 Å². The molecule has 2 atom stereocenters. The Bertz CT molecular complexity index is 802. The van der Waals surface area contributed by atoms with Crippen molar-refractivity contribution in [2.45, 2.75) is 51.4 Å². The Morgan fingerprint density at radius 3 is 2.37 bits per heavy atom. The van der Waals surface area contributed by atoms with Crippen LogP contribution in [0.1, 0.15) is 49.1 Å². The molecule has 1 aliphatic heterocycles. The average molecular weight is 422 g/mol. The second-order valence-corrected chi connectivity index (χ2v) is 8.08. The lowest BCUT2D eigenvalue weighted by atomic mass is 9.86. The number of nitrogens with two attached hydrogens (primary N) is 1. The van der Waals surface area contributed by atoms with Gasteiger partial charge in [-0.05, 0) is 76.5 Å². The van der Waals surface area contributed by atoms with Crippen molar-refractivity contribution >= 4 is 0 Å². The molecule has 1 aliphatic rings. The summed E-state index contributed by atoms with van der Waals surface area (Å²) in [7, 11) is 0. The van der Waals surface area contributed by atoms with E-state index >= 15 is 0 Å². The number of alkyl halides is 3. The lowest BCUT2D eigenvalue weighted by Crippen LogP contribution is -2.42. The monoisotopic (exact) mass is 421 g/mol. The summed E-state index contributed by atoms with van der Waals surface area (Å²) in [5.41, 5.74) is 6.63. The predicted octanol–water partition coefficient (Wildman–Crippen LogP) is 4.98. The summed E-state index contributed by atoms with van der Waals surface area (Å²) in [4.78, 5) is 6.86. The Hall–Kier alpha value is -2.12. The number of halogens is 3. The molecule has 1 fully saturated rings. The Balaban J connectivity index is 1.80. The summed E-state index contributed by atoms with van der Waals surface area (Å²) in [5.74, 6) is 0.698. The van der Waals surface area contributed by atoms with Gasteiger partial charge in [0.05, 0.1) is 5.56 Å². The van der Waals surface area contributed by atoms with Crippen LogP contribution in [0.2, 0.25) is 0 Å². The van der Waals surface area contributed by atoms with E-state index in [1.165, 1.54) is 12.1 Å². The van der Waals surface area contributed by atoms with Crippen molar-refractivity contribution in [1.29, 1.82) is 0 Å². The Kier molecular flexibility index (Phi) is 7.36. The second-order valence-electron chi connectivity index (χ2n) is 8.08. The number of benzene rings is 1. The molecule has 2 aromatic rings. The molecule has 2 heterocycles. The molecule has 7 heteroatoms. The molecule has 0 aliphatic carbocycles. The quantitative estimate of drug-likeness (QED) is 0.685. The number of hydrogen-bond donors (Lipinski definition) is 1. The number of likely N-dealkylation sites (tertiary alicyclic amines) is 1. The third kappa shape index (κ3) is 5.73. The van der Waals surface area contributed by atoms with Gasteiger partial charge in [-0.15, -0.1) is 0 Å². The number of rotatable bonds is 7. The lowest BCUT2D eigenvalue weighted by molar-refractivity contribution is -0.137. The van der Waals surface area contributed by atoms with Crippen LogP contribution in [0.25, 0.3) is 0 Å². The van der Waals surface area contributed by atoms with E-state index in [9.17, 15) is 13.2 Å². The van der Waals surface area contributed by atoms with Gasteiger partial charge in [-0.2, -0.15) is 13.2 Å². The van der Waals surface area contributed by atoms with Gasteiger partial charge in [0.25, 0.3) is 0 Å². The number of piperidine rings is 1. The highest BCUT2D eigenvalue weighted by atomic mass is 19.4. The first-order valence-corrected chi connectivity index (χ1v) is 10.5. The van der Waals surface area contributed by atoms with Gasteiger partial charge in [0.2, 0.25) is 5.88 Å². The van der Waals surface area contributed by atoms with Crippen molar-refractivity contribution in [3.8, 4) is 5.88 Å². The molecule has 1 aromatic heterocycles. The third-order valence-electron chi connectivity index (χ3n) is 5.89. The number of ether oxygens (including phenoxy) is 1. The van der Waals surface area contributed by atoms with E-state index in [-0.39, 0.29) is 12.0 Å². The van der Waals surface area contributed by atoms with Crippen molar-refractivity contribution in [2.75, 3.05) is 19.6 Å². The molecule has 164 valence electrons. The van der Waals surface area contributed by atoms with Gasteiger partial charge in [-0.25, -0.2) is 4.98 Å². The van der Waals surface area contributed by atoms with E-state index in [1.807, 2.05) is 19.1 Å². The van der Waals surface area contributed by atoms with Crippen molar-refractivity contribution in [2.24, 2.45) is 11.7 Å². The minimum absolute atomic E-state index is 0.199. The molecule has 0 amide bonds. The fourth-order valence-electron chi connectivity index (χ4n) is 4.10. The average Bonchev–Trinajstić information content (AvgIpc) is 2.72. The zero-order valence-electron chi connectivity index (χ0n) is 17.5. The molecular formula is C23H30F3N3O. The van der Waals surface area contributed by atoms with Crippen molar-refractivity contribution in [1.82, 2.24) is 9.88 Å². The maximum Gasteiger partial charge on any atom is 0.416 e. The molecule has 1 aromatic carbocycles. The fourth-order valence-corrected chi connectivity index (χ4v) is 4.10. The van der Waals surface area contributed by atoms with Crippen LogP contribution in [0.3, 0.4) is 0 Å². The smallest absolute Gasteiger partial charge is 0.416 e. The Morgan fingerprint density at radius 1 is 1.13 bits per heavy atom. The summed E-state index contributed by atoms with van der Waals surface area (Å²) in [6.45, 7) is 6.59. The van der Waals surface area contributed by atoms with E-state index in [0.717, 1.165) is 55.7 Å². The van der Waals surface area contributed by atoms with Gasteiger partial charge in [0.1, 0.15) is 6.10 Å². The maximum atomic E-state index is 13.0. The normalized spacial score (nSPS) is 18.2. The Morgan fingerprint density at radius 2 is 1.80 bits per heavy atom. The van der Waals surface area contributed by atoms with E-state index in [0.29, 0.717) is 18.5 Å². The zero-order chi connectivity index (χ0) is 21.7. The van der Waals surface area contributed by atoms with Crippen LogP contribution in [0.15, 0.2) is 42.5 Å². The van der Waals surface area contributed by atoms with Crippen LogP contribution < -0.4 is 10.5 Å². The first kappa shape index (κ1) is 22.6. The molecule has 2 N–H and O–H groups in total. The molecule has 0 spiro atoms. The topological polar surface area (TPSA) is 51.4 Å². The summed E-state index contributed by atoms with van der Waals surface area (Å²) < 4.78 is 45.2. The molecule has 0 radical (unpaired) electrons. The van der Waals surface area contributed by atoms with Gasteiger partial charge < -0.3 is 15.4 Å². The molecule has 30 heavy (non-hydrogen) atoms. The molecule has 0 bridgehead atoms. The van der Waals surface area contributed by atoms with Crippen LogP contribution in [0, 0.1) is 12.8 Å². The van der Waals surface area contributed by atoms with Gasteiger partial charge >= 0.3 is 6.18 Å². The predicted molar refractivity (Wildman–Crippen MR) is 111 cm³/mol. The molecule has 4 nitrogen and oxygen atoms in total. The largest absolute Gasteiger partial charge is 0.469 e. The van der Waals surface area contributed by atoms with E-state index in [2.05, 4.69) is 16.8 Å². The highest BCUT2D eigenvalue weighted by Crippen LogP contribution is 2.37.